The molecule has 0 fully saturated rings. The summed E-state index contributed by atoms with van der Waals surface area (Å²) >= 11 is 0. The van der Waals surface area contributed by atoms with Gasteiger partial charge in [0.15, 0.2) is 0 Å². The molecule has 0 radical (unpaired) electrons. The summed E-state index contributed by atoms with van der Waals surface area (Å²) in [6, 6.07) is 20.5. The van der Waals surface area contributed by atoms with Crippen LogP contribution in [0.25, 0.3) is 17.8 Å². The summed E-state index contributed by atoms with van der Waals surface area (Å²) in [7, 11) is 0. The molecule has 7 heteroatoms. The van der Waals surface area contributed by atoms with E-state index >= 15 is 0 Å². The van der Waals surface area contributed by atoms with Crippen LogP contribution < -0.4 is 5.32 Å². The van der Waals surface area contributed by atoms with Crippen LogP contribution in [0.5, 0.6) is 0 Å². The minimum absolute atomic E-state index is 0.208. The molecule has 28 heavy (non-hydrogen) atoms. The van der Waals surface area contributed by atoms with Gasteiger partial charge in [0.25, 0.3) is 5.91 Å². The number of carbonyl (C=O) groups is 1. The van der Waals surface area contributed by atoms with Gasteiger partial charge in [-0.2, -0.15) is 0 Å². The van der Waals surface area contributed by atoms with Gasteiger partial charge in [0, 0.05) is 17.4 Å². The maximum atomic E-state index is 12.6. The number of aromatic nitrogens is 5. The third kappa shape index (κ3) is 4.16. The van der Waals surface area contributed by atoms with Crippen molar-refractivity contribution >= 4 is 23.7 Å². The lowest BCUT2D eigenvalue weighted by Gasteiger charge is -2.07. The molecular formula is C21H16N6O. The van der Waals surface area contributed by atoms with Crippen molar-refractivity contribution < 1.29 is 4.79 Å². The molecule has 0 atom stereocenters. The number of rotatable bonds is 5. The number of nitrogens with one attached hydrogen (secondary N) is 1. The van der Waals surface area contributed by atoms with Gasteiger partial charge < -0.3 is 5.32 Å². The lowest BCUT2D eigenvalue weighted by Crippen LogP contribution is -2.12. The van der Waals surface area contributed by atoms with Crippen molar-refractivity contribution in [2.45, 2.75) is 0 Å². The van der Waals surface area contributed by atoms with Gasteiger partial charge in [-0.25, -0.2) is 4.68 Å². The van der Waals surface area contributed by atoms with Crippen molar-refractivity contribution in [3.05, 3.63) is 96.1 Å². The maximum Gasteiger partial charge on any atom is 0.255 e. The Morgan fingerprint density at radius 2 is 1.89 bits per heavy atom. The normalized spacial score (nSPS) is 10.9. The van der Waals surface area contributed by atoms with Gasteiger partial charge in [-0.15, -0.1) is 5.10 Å². The van der Waals surface area contributed by atoms with E-state index < -0.39 is 0 Å². The average molecular weight is 368 g/mol. The highest BCUT2D eigenvalue weighted by molar-refractivity contribution is 6.04. The van der Waals surface area contributed by atoms with Crippen molar-refractivity contribution in [1.29, 1.82) is 0 Å². The lowest BCUT2D eigenvalue weighted by molar-refractivity contribution is 0.102. The van der Waals surface area contributed by atoms with Crippen molar-refractivity contribution in [2.24, 2.45) is 0 Å². The predicted molar refractivity (Wildman–Crippen MR) is 107 cm³/mol. The summed E-state index contributed by atoms with van der Waals surface area (Å²) < 4.78 is 1.50. The van der Waals surface area contributed by atoms with E-state index in [9.17, 15) is 4.79 Å². The number of anilines is 1. The van der Waals surface area contributed by atoms with Crippen LogP contribution >= 0.6 is 0 Å². The second-order valence-electron chi connectivity index (χ2n) is 5.97. The summed E-state index contributed by atoms with van der Waals surface area (Å²) in [5.41, 5.74) is 3.77. The van der Waals surface area contributed by atoms with Gasteiger partial charge in [-0.3, -0.25) is 9.78 Å². The molecule has 0 saturated carbocycles. The molecule has 0 unspecified atom stereocenters. The number of hydrogen-bond donors (Lipinski definition) is 1. The Hall–Kier alpha value is -4.13. The Kier molecular flexibility index (Phi) is 4.97. The topological polar surface area (TPSA) is 85.6 Å². The Balaban J connectivity index is 1.49. The van der Waals surface area contributed by atoms with Gasteiger partial charge in [-0.05, 0) is 64.5 Å². The molecule has 4 aromatic rings. The van der Waals surface area contributed by atoms with Gasteiger partial charge in [0.05, 0.1) is 11.4 Å². The summed E-state index contributed by atoms with van der Waals surface area (Å²) in [5, 5.41) is 14.0. The fourth-order valence-electron chi connectivity index (χ4n) is 2.65. The zero-order valence-electron chi connectivity index (χ0n) is 14.8. The van der Waals surface area contributed by atoms with Gasteiger partial charge in [-0.1, -0.05) is 30.3 Å². The number of carbonyl (C=O) groups excluding carboxylic acids is 1. The number of tetrazole rings is 1. The van der Waals surface area contributed by atoms with E-state index in [-0.39, 0.29) is 5.91 Å². The molecule has 1 amide bonds. The maximum absolute atomic E-state index is 12.6. The SMILES string of the molecule is O=C(Nc1cccc(C=Cc2ccccn2)c1)c1cccc(-n2cnnn2)c1. The Morgan fingerprint density at radius 3 is 2.71 bits per heavy atom. The molecule has 1 N–H and O–H groups in total. The first-order valence-corrected chi connectivity index (χ1v) is 8.62. The minimum atomic E-state index is -0.208. The van der Waals surface area contributed by atoms with Crippen LogP contribution in [0.4, 0.5) is 5.69 Å². The zero-order valence-corrected chi connectivity index (χ0v) is 14.8. The van der Waals surface area contributed by atoms with Crippen LogP contribution in [0.2, 0.25) is 0 Å². The van der Waals surface area contributed by atoms with Crippen LogP contribution in [0, 0.1) is 0 Å². The molecule has 4 rings (SSSR count). The second kappa shape index (κ2) is 8.05. The fraction of sp³-hybridized carbons (Fsp3) is 0. The Morgan fingerprint density at radius 1 is 0.964 bits per heavy atom. The molecule has 7 nitrogen and oxygen atoms in total. The Labute approximate surface area is 161 Å². The van der Waals surface area contributed by atoms with Crippen molar-refractivity contribution in [3.63, 3.8) is 0 Å². The smallest absolute Gasteiger partial charge is 0.255 e. The van der Waals surface area contributed by atoms with E-state index in [4.69, 9.17) is 0 Å². The van der Waals surface area contributed by atoms with Gasteiger partial charge >= 0.3 is 0 Å². The van der Waals surface area contributed by atoms with Crippen LogP contribution in [-0.2, 0) is 0 Å². The first-order chi connectivity index (χ1) is 13.8. The van der Waals surface area contributed by atoms with E-state index in [1.54, 1.807) is 24.4 Å². The molecule has 0 aliphatic rings. The molecule has 0 aliphatic heterocycles. The van der Waals surface area contributed by atoms with Crippen molar-refractivity contribution in [1.82, 2.24) is 25.2 Å². The van der Waals surface area contributed by atoms with E-state index in [0.717, 1.165) is 11.3 Å². The molecule has 136 valence electrons. The highest BCUT2D eigenvalue weighted by atomic mass is 16.1. The molecule has 2 aromatic carbocycles. The van der Waals surface area contributed by atoms with E-state index in [2.05, 4.69) is 25.8 Å². The molecule has 2 heterocycles. The van der Waals surface area contributed by atoms with Crippen LogP contribution in [0.3, 0.4) is 0 Å². The molecule has 0 aliphatic carbocycles. The third-order valence-electron chi connectivity index (χ3n) is 4.00. The first-order valence-electron chi connectivity index (χ1n) is 8.62. The zero-order chi connectivity index (χ0) is 19.2. The number of benzene rings is 2. The largest absolute Gasteiger partial charge is 0.322 e. The highest BCUT2D eigenvalue weighted by Crippen LogP contribution is 2.16. The van der Waals surface area contributed by atoms with Gasteiger partial charge in [0.1, 0.15) is 6.33 Å². The third-order valence-corrected chi connectivity index (χ3v) is 4.00. The van der Waals surface area contributed by atoms with Crippen molar-refractivity contribution in [3.8, 4) is 5.69 Å². The first kappa shape index (κ1) is 17.3. The monoisotopic (exact) mass is 368 g/mol. The van der Waals surface area contributed by atoms with Crippen molar-refractivity contribution in [2.75, 3.05) is 5.32 Å². The molecular weight excluding hydrogens is 352 g/mol. The minimum Gasteiger partial charge on any atom is -0.322 e. The van der Waals surface area contributed by atoms with E-state index in [1.165, 1.54) is 11.0 Å². The molecule has 0 spiro atoms. The average Bonchev–Trinajstić information content (AvgIpc) is 3.28. The number of pyridine rings is 1. The fourth-order valence-corrected chi connectivity index (χ4v) is 2.65. The second-order valence-corrected chi connectivity index (χ2v) is 5.97. The predicted octanol–water partition coefficient (Wildman–Crippen LogP) is 3.48. The molecule has 0 saturated heterocycles. The lowest BCUT2D eigenvalue weighted by atomic mass is 10.1. The Bertz CT molecular complexity index is 1110. The van der Waals surface area contributed by atoms with Crippen LogP contribution in [0.1, 0.15) is 21.6 Å². The van der Waals surface area contributed by atoms with Gasteiger partial charge in [0.2, 0.25) is 0 Å². The molecule has 2 aromatic heterocycles. The van der Waals surface area contributed by atoms with Crippen LogP contribution in [0.15, 0.2) is 79.3 Å². The number of hydrogen-bond acceptors (Lipinski definition) is 5. The molecule has 0 bridgehead atoms. The standard InChI is InChI=1S/C21H16N6O/c28-21(17-6-4-9-20(14-17)27-15-23-25-26-27)24-19-8-3-5-16(13-19)10-11-18-7-1-2-12-22-18/h1-15H,(H,24,28). The van der Waals surface area contributed by atoms with Crippen LogP contribution in [-0.4, -0.2) is 31.1 Å². The summed E-state index contributed by atoms with van der Waals surface area (Å²) in [6.07, 6.45) is 7.11. The van der Waals surface area contributed by atoms with E-state index in [1.807, 2.05) is 60.7 Å². The summed E-state index contributed by atoms with van der Waals surface area (Å²) in [5.74, 6) is -0.208. The van der Waals surface area contributed by atoms with E-state index in [0.29, 0.717) is 16.9 Å². The summed E-state index contributed by atoms with van der Waals surface area (Å²) in [6.45, 7) is 0. The summed E-state index contributed by atoms with van der Waals surface area (Å²) in [4.78, 5) is 16.9. The number of nitrogens with zero attached hydrogens (tertiary/aromatic N) is 5. The highest BCUT2D eigenvalue weighted by Gasteiger charge is 2.08. The number of amides is 1. The quantitative estimate of drug-likeness (QED) is 0.583.